The Labute approximate surface area is 130 Å². The number of hydrogen-bond donors (Lipinski definition) is 0. The van der Waals surface area contributed by atoms with Gasteiger partial charge in [0.25, 0.3) is 0 Å². The molecule has 0 saturated heterocycles. The van der Waals surface area contributed by atoms with Crippen LogP contribution in [0.3, 0.4) is 0 Å². The maximum absolute atomic E-state index is 13.3. The molecule has 0 saturated carbocycles. The minimum atomic E-state index is -6.62. The third-order valence-electron chi connectivity index (χ3n) is 1.87. The van der Waals surface area contributed by atoms with Crippen LogP contribution in [0.2, 0.25) is 0 Å². The van der Waals surface area contributed by atoms with Gasteiger partial charge < -0.3 is 4.98 Å². The van der Waals surface area contributed by atoms with E-state index >= 15 is 0 Å². The van der Waals surface area contributed by atoms with Crippen molar-refractivity contribution in [2.45, 2.75) is 18.0 Å². The van der Waals surface area contributed by atoms with Crippen LogP contribution in [0.15, 0.2) is 0 Å². The van der Waals surface area contributed by atoms with Gasteiger partial charge in [0, 0.05) is 0 Å². The van der Waals surface area contributed by atoms with Crippen molar-refractivity contribution in [3.05, 3.63) is 29.6 Å². The van der Waals surface area contributed by atoms with Gasteiger partial charge in [0.2, 0.25) is 5.67 Å². The van der Waals surface area contributed by atoms with E-state index in [0.717, 1.165) is 12.4 Å². The first kappa shape index (κ1) is 22.0. The molecule has 0 amide bonds. The van der Waals surface area contributed by atoms with Crippen molar-refractivity contribution in [2.24, 2.45) is 0 Å². The Hall–Kier alpha value is -0.285. The molecule has 1 aromatic heterocycles. The van der Waals surface area contributed by atoms with Gasteiger partial charge >= 0.3 is 50.1 Å². The average Bonchev–Trinajstić information content (AvgIpc) is 2.13. The number of aromatic nitrogens is 1. The summed E-state index contributed by atoms with van der Waals surface area (Å²) in [5.41, 5.74) is -9.10. The van der Waals surface area contributed by atoms with Gasteiger partial charge in [0.15, 0.2) is 0 Å². The molecule has 1 nitrogen and oxygen atoms in total. The summed E-state index contributed by atoms with van der Waals surface area (Å²) in [6.45, 7) is 0. The van der Waals surface area contributed by atoms with Gasteiger partial charge in [-0.25, -0.2) is 16.8 Å². The first-order valence-electron chi connectivity index (χ1n) is 3.90. The van der Waals surface area contributed by atoms with Gasteiger partial charge in [-0.1, -0.05) is 11.6 Å². The molecule has 0 spiro atoms. The molecule has 0 bridgehead atoms. The summed E-state index contributed by atoms with van der Waals surface area (Å²) in [5.74, 6) is -5.08. The summed E-state index contributed by atoms with van der Waals surface area (Å²) >= 11 is 0. The van der Waals surface area contributed by atoms with Gasteiger partial charge in [-0.05, 0) is 0 Å². The van der Waals surface area contributed by atoms with Crippen molar-refractivity contribution in [2.75, 3.05) is 0 Å². The molecule has 0 aliphatic carbocycles. The molecule has 20 heavy (non-hydrogen) atoms. The largest absolute Gasteiger partial charge is 1.00 e. The molecule has 1 rings (SSSR count). The SMILES string of the molecule is Fc1[c-]n[c-]c(F)c1C(F)(C(F)(F)F)C(F)(F)F.[Li+].[Li+]. The van der Waals surface area contributed by atoms with Gasteiger partial charge in [-0.15, -0.1) is 5.56 Å². The van der Waals surface area contributed by atoms with Crippen LogP contribution in [0.25, 0.3) is 0 Å². The summed E-state index contributed by atoms with van der Waals surface area (Å²) in [7, 11) is 0. The molecule has 0 aliphatic heterocycles. The van der Waals surface area contributed by atoms with E-state index in [2.05, 4.69) is 4.98 Å². The van der Waals surface area contributed by atoms with E-state index in [1.807, 2.05) is 0 Å². The van der Waals surface area contributed by atoms with Crippen LogP contribution in [0.1, 0.15) is 5.56 Å². The van der Waals surface area contributed by atoms with E-state index in [4.69, 9.17) is 0 Å². The molecule has 0 aliphatic rings. The molecule has 0 fully saturated rings. The number of alkyl halides is 7. The smallest absolute Gasteiger partial charge is 0.538 e. The Balaban J connectivity index is 0. The van der Waals surface area contributed by atoms with Crippen molar-refractivity contribution in [1.82, 2.24) is 4.98 Å². The minimum Gasteiger partial charge on any atom is -0.538 e. The first-order chi connectivity index (χ1) is 7.93. The van der Waals surface area contributed by atoms with Crippen LogP contribution in [0.5, 0.6) is 0 Å². The fourth-order valence-electron chi connectivity index (χ4n) is 1.08. The van der Waals surface area contributed by atoms with E-state index in [-0.39, 0.29) is 37.7 Å². The zero-order valence-corrected chi connectivity index (χ0v) is 9.85. The molecule has 0 aromatic carbocycles. The summed E-state index contributed by atoms with van der Waals surface area (Å²) in [5, 5.41) is 0. The van der Waals surface area contributed by atoms with Crippen LogP contribution < -0.4 is 37.7 Å². The fourth-order valence-corrected chi connectivity index (χ4v) is 1.08. The van der Waals surface area contributed by atoms with Crippen molar-refractivity contribution in [1.29, 1.82) is 0 Å². The molecule has 0 atom stereocenters. The van der Waals surface area contributed by atoms with Crippen LogP contribution in [-0.4, -0.2) is 17.3 Å². The van der Waals surface area contributed by atoms with Gasteiger partial charge in [-0.2, -0.15) is 26.3 Å². The van der Waals surface area contributed by atoms with Crippen molar-refractivity contribution >= 4 is 0 Å². The molecular formula is C8F9Li2N. The number of hydrogen-bond acceptors (Lipinski definition) is 1. The van der Waals surface area contributed by atoms with Crippen molar-refractivity contribution in [3.8, 4) is 0 Å². The number of rotatable bonds is 1. The zero-order chi connectivity index (χ0) is 14.4. The van der Waals surface area contributed by atoms with Gasteiger partial charge in [0.1, 0.15) is 0 Å². The average molecular weight is 295 g/mol. The Morgan fingerprint density at radius 3 is 1.25 bits per heavy atom. The maximum atomic E-state index is 13.3. The maximum Gasteiger partial charge on any atom is 1.00 e. The molecule has 0 N–H and O–H groups in total. The normalized spacial score (nSPS) is 12.4. The molecular weight excluding hydrogens is 295 g/mol. The first-order valence-corrected chi connectivity index (χ1v) is 3.90. The van der Waals surface area contributed by atoms with E-state index < -0.39 is 35.2 Å². The quantitative estimate of drug-likeness (QED) is 0.311. The van der Waals surface area contributed by atoms with Crippen LogP contribution >= 0.6 is 0 Å². The summed E-state index contributed by atoms with van der Waals surface area (Å²) < 4.78 is 112. The van der Waals surface area contributed by atoms with E-state index in [1.54, 1.807) is 0 Å². The Bertz CT molecular complexity index is 422. The second-order valence-electron chi connectivity index (χ2n) is 2.99. The topological polar surface area (TPSA) is 12.9 Å². The number of pyridine rings is 1. The predicted octanol–water partition coefficient (Wildman–Crippen LogP) is -2.74. The zero-order valence-electron chi connectivity index (χ0n) is 9.85. The van der Waals surface area contributed by atoms with Gasteiger partial charge in [-0.3, -0.25) is 8.78 Å². The van der Waals surface area contributed by atoms with Crippen LogP contribution in [0, 0.1) is 24.0 Å². The Morgan fingerprint density at radius 1 is 0.700 bits per heavy atom. The van der Waals surface area contributed by atoms with Crippen LogP contribution in [0.4, 0.5) is 39.5 Å². The molecule has 12 heteroatoms. The molecule has 102 valence electrons. The molecule has 0 radical (unpaired) electrons. The van der Waals surface area contributed by atoms with E-state index in [9.17, 15) is 39.5 Å². The molecule has 1 aromatic rings. The monoisotopic (exact) mass is 295 g/mol. The summed E-state index contributed by atoms with van der Waals surface area (Å²) in [6, 6.07) is 0. The second kappa shape index (κ2) is 6.65. The fraction of sp³-hybridized carbons (Fsp3) is 0.375. The number of halogens is 9. The Kier molecular flexibility index (Phi) is 7.32. The van der Waals surface area contributed by atoms with Gasteiger partial charge in [0.05, 0.1) is 0 Å². The standard InChI is InChI=1S/C8F9N.2Li/c9-3-1-18-2-4(10)5(3)6(11,7(12,13)14)8(15,16)17;;/q-2;2*+1. The molecule has 0 unspecified atom stereocenters. The molecule has 1 heterocycles. The third kappa shape index (κ3) is 3.48. The van der Waals surface area contributed by atoms with Crippen molar-refractivity contribution < 1.29 is 77.2 Å². The van der Waals surface area contributed by atoms with Crippen molar-refractivity contribution in [3.63, 3.8) is 0 Å². The second-order valence-corrected chi connectivity index (χ2v) is 2.99. The van der Waals surface area contributed by atoms with E-state index in [1.165, 1.54) is 0 Å². The Morgan fingerprint density at radius 2 is 1.00 bits per heavy atom. The van der Waals surface area contributed by atoms with E-state index in [0.29, 0.717) is 0 Å². The van der Waals surface area contributed by atoms with Crippen LogP contribution in [-0.2, 0) is 5.67 Å². The summed E-state index contributed by atoms with van der Waals surface area (Å²) in [6.07, 6.45) is -11.4. The minimum absolute atomic E-state index is 0. The number of nitrogens with zero attached hydrogens (tertiary/aromatic N) is 1. The third-order valence-corrected chi connectivity index (χ3v) is 1.87. The predicted molar refractivity (Wildman–Crippen MR) is 36.7 cm³/mol. The summed E-state index contributed by atoms with van der Waals surface area (Å²) in [4.78, 5) is 2.42.